The van der Waals surface area contributed by atoms with Crippen LogP contribution in [-0.4, -0.2) is 30.3 Å². The van der Waals surface area contributed by atoms with Gasteiger partial charge in [-0.15, -0.1) is 0 Å². The zero-order valence-corrected chi connectivity index (χ0v) is 10.6. The third-order valence-corrected chi connectivity index (χ3v) is 3.57. The summed E-state index contributed by atoms with van der Waals surface area (Å²) in [4.78, 5) is 12.2. The highest BCUT2D eigenvalue weighted by atomic mass is 16.5. The monoisotopic (exact) mass is 249 g/mol. The van der Waals surface area contributed by atoms with Crippen LogP contribution in [0.2, 0.25) is 0 Å². The van der Waals surface area contributed by atoms with Crippen LogP contribution < -0.4 is 10.1 Å². The molecule has 2 N–H and O–H groups in total. The van der Waals surface area contributed by atoms with Gasteiger partial charge in [-0.25, -0.2) is 0 Å². The molecule has 0 bridgehead atoms. The van der Waals surface area contributed by atoms with Gasteiger partial charge in [0, 0.05) is 5.56 Å². The van der Waals surface area contributed by atoms with E-state index >= 15 is 0 Å². The Morgan fingerprint density at radius 3 is 2.78 bits per heavy atom. The number of methoxy groups -OCH3 is 1. The minimum Gasteiger partial charge on any atom is -0.497 e. The lowest BCUT2D eigenvalue weighted by atomic mass is 9.98. The number of nitrogens with one attached hydrogen (secondary N) is 1. The first-order valence-electron chi connectivity index (χ1n) is 6.26. The van der Waals surface area contributed by atoms with Crippen molar-refractivity contribution in [3.8, 4) is 5.75 Å². The number of amides is 1. The molecule has 4 heteroatoms. The highest BCUT2D eigenvalue weighted by Crippen LogP contribution is 2.29. The Morgan fingerprint density at radius 1 is 1.44 bits per heavy atom. The van der Waals surface area contributed by atoms with Gasteiger partial charge >= 0.3 is 0 Å². The van der Waals surface area contributed by atoms with Crippen LogP contribution in [0.3, 0.4) is 0 Å². The summed E-state index contributed by atoms with van der Waals surface area (Å²) in [6.07, 6.45) is 3.80. The van der Waals surface area contributed by atoms with Crippen LogP contribution in [0.1, 0.15) is 36.0 Å². The second-order valence-corrected chi connectivity index (χ2v) is 4.83. The van der Waals surface area contributed by atoms with Crippen molar-refractivity contribution in [1.82, 2.24) is 5.32 Å². The predicted molar refractivity (Wildman–Crippen MR) is 68.7 cm³/mol. The smallest absolute Gasteiger partial charge is 0.251 e. The Hall–Kier alpha value is -1.55. The van der Waals surface area contributed by atoms with E-state index in [2.05, 4.69) is 5.32 Å². The maximum Gasteiger partial charge on any atom is 0.251 e. The lowest BCUT2D eigenvalue weighted by Crippen LogP contribution is -2.49. The number of rotatable bonds is 4. The average molecular weight is 249 g/mol. The predicted octanol–water partition coefficient (Wildman–Crippen LogP) is 1.73. The van der Waals surface area contributed by atoms with E-state index in [1.54, 1.807) is 31.4 Å². The first kappa shape index (κ1) is 12.9. The summed E-state index contributed by atoms with van der Waals surface area (Å²) in [5.74, 6) is 0.511. The zero-order chi connectivity index (χ0) is 13.0. The van der Waals surface area contributed by atoms with Gasteiger partial charge < -0.3 is 15.2 Å². The number of benzene rings is 1. The molecule has 4 nitrogen and oxygen atoms in total. The number of hydrogen-bond donors (Lipinski definition) is 2. The summed E-state index contributed by atoms with van der Waals surface area (Å²) < 4.78 is 5.10. The van der Waals surface area contributed by atoms with Crippen molar-refractivity contribution in [2.45, 2.75) is 31.2 Å². The topological polar surface area (TPSA) is 58.6 Å². The van der Waals surface area contributed by atoms with Gasteiger partial charge in [0.05, 0.1) is 19.3 Å². The summed E-state index contributed by atoms with van der Waals surface area (Å²) in [5.41, 5.74) is 0.134. The van der Waals surface area contributed by atoms with Crippen molar-refractivity contribution in [2.24, 2.45) is 0 Å². The van der Waals surface area contributed by atoms with Crippen LogP contribution in [0.4, 0.5) is 0 Å². The fourth-order valence-corrected chi connectivity index (χ4v) is 2.45. The third kappa shape index (κ3) is 2.64. The number of ether oxygens (including phenoxy) is 1. The molecule has 0 saturated heterocycles. The molecule has 1 aliphatic rings. The second kappa shape index (κ2) is 5.40. The molecule has 1 amide bonds. The van der Waals surface area contributed by atoms with Gasteiger partial charge in [-0.2, -0.15) is 0 Å². The fraction of sp³-hybridized carbons (Fsp3) is 0.500. The van der Waals surface area contributed by atoms with E-state index in [-0.39, 0.29) is 12.5 Å². The number of aliphatic hydroxyl groups excluding tert-OH is 1. The Kier molecular flexibility index (Phi) is 3.87. The normalized spacial score (nSPS) is 17.4. The molecule has 98 valence electrons. The molecular formula is C14H19NO3. The standard InChI is InChI=1S/C14H19NO3/c1-18-12-6-4-5-11(9-12)13(17)15-14(10-16)7-2-3-8-14/h4-6,9,16H,2-3,7-8,10H2,1H3,(H,15,17). The van der Waals surface area contributed by atoms with Gasteiger partial charge in [-0.1, -0.05) is 18.9 Å². The molecule has 0 atom stereocenters. The van der Waals surface area contributed by atoms with Crippen molar-refractivity contribution < 1.29 is 14.6 Å². The van der Waals surface area contributed by atoms with Gasteiger partial charge in [0.15, 0.2) is 0 Å². The molecule has 1 fully saturated rings. The summed E-state index contributed by atoms with van der Waals surface area (Å²) in [7, 11) is 1.57. The first-order chi connectivity index (χ1) is 8.69. The molecule has 0 radical (unpaired) electrons. The van der Waals surface area contributed by atoms with Crippen molar-refractivity contribution in [2.75, 3.05) is 13.7 Å². The van der Waals surface area contributed by atoms with E-state index in [4.69, 9.17) is 4.74 Å². The van der Waals surface area contributed by atoms with Gasteiger partial charge in [-0.3, -0.25) is 4.79 Å². The Morgan fingerprint density at radius 2 is 2.17 bits per heavy atom. The lowest BCUT2D eigenvalue weighted by molar-refractivity contribution is 0.0838. The number of carbonyl (C=O) groups excluding carboxylic acids is 1. The molecule has 1 saturated carbocycles. The summed E-state index contributed by atoms with van der Waals surface area (Å²) >= 11 is 0. The van der Waals surface area contributed by atoms with E-state index in [1.807, 2.05) is 0 Å². The summed E-state index contributed by atoms with van der Waals surface area (Å²) in [6.45, 7) is 0.00269. The molecule has 0 aliphatic heterocycles. The Balaban J connectivity index is 2.11. The van der Waals surface area contributed by atoms with Crippen LogP contribution in [0, 0.1) is 0 Å². The van der Waals surface area contributed by atoms with Crippen LogP contribution in [-0.2, 0) is 0 Å². The highest BCUT2D eigenvalue weighted by molar-refractivity contribution is 5.95. The van der Waals surface area contributed by atoms with Crippen LogP contribution in [0.25, 0.3) is 0 Å². The molecule has 1 aliphatic carbocycles. The maximum absolute atomic E-state index is 12.2. The largest absolute Gasteiger partial charge is 0.497 e. The van der Waals surface area contributed by atoms with E-state index in [0.717, 1.165) is 25.7 Å². The number of aliphatic hydroxyl groups is 1. The molecule has 2 rings (SSSR count). The number of carbonyl (C=O) groups is 1. The van der Waals surface area contributed by atoms with E-state index in [9.17, 15) is 9.90 Å². The highest BCUT2D eigenvalue weighted by Gasteiger charge is 2.34. The lowest BCUT2D eigenvalue weighted by Gasteiger charge is -2.28. The van der Waals surface area contributed by atoms with Gasteiger partial charge in [-0.05, 0) is 31.0 Å². The van der Waals surface area contributed by atoms with Gasteiger partial charge in [0.25, 0.3) is 5.91 Å². The quantitative estimate of drug-likeness (QED) is 0.854. The molecule has 0 spiro atoms. The molecule has 0 aromatic heterocycles. The number of hydrogen-bond acceptors (Lipinski definition) is 3. The van der Waals surface area contributed by atoms with Gasteiger partial charge in [0.1, 0.15) is 5.75 Å². The molecule has 0 unspecified atom stereocenters. The molecule has 18 heavy (non-hydrogen) atoms. The van der Waals surface area contributed by atoms with Gasteiger partial charge in [0.2, 0.25) is 0 Å². The fourth-order valence-electron chi connectivity index (χ4n) is 2.45. The maximum atomic E-state index is 12.2. The summed E-state index contributed by atoms with van der Waals surface area (Å²) in [5, 5.41) is 12.4. The van der Waals surface area contributed by atoms with Crippen LogP contribution in [0.5, 0.6) is 5.75 Å². The molecular weight excluding hydrogens is 230 g/mol. The zero-order valence-electron chi connectivity index (χ0n) is 10.6. The van der Waals surface area contributed by atoms with E-state index < -0.39 is 5.54 Å². The van der Waals surface area contributed by atoms with Crippen molar-refractivity contribution >= 4 is 5.91 Å². The van der Waals surface area contributed by atoms with Crippen LogP contribution in [0.15, 0.2) is 24.3 Å². The second-order valence-electron chi connectivity index (χ2n) is 4.83. The van der Waals surface area contributed by atoms with Crippen molar-refractivity contribution in [1.29, 1.82) is 0 Å². The molecule has 1 aromatic carbocycles. The Labute approximate surface area is 107 Å². The first-order valence-corrected chi connectivity index (χ1v) is 6.26. The van der Waals surface area contributed by atoms with E-state index in [0.29, 0.717) is 11.3 Å². The molecule has 1 aromatic rings. The molecule has 0 heterocycles. The van der Waals surface area contributed by atoms with Crippen molar-refractivity contribution in [3.05, 3.63) is 29.8 Å². The van der Waals surface area contributed by atoms with Crippen LogP contribution >= 0.6 is 0 Å². The van der Waals surface area contributed by atoms with E-state index in [1.165, 1.54) is 0 Å². The SMILES string of the molecule is COc1cccc(C(=O)NC2(CO)CCCC2)c1. The average Bonchev–Trinajstić information content (AvgIpc) is 2.88. The summed E-state index contributed by atoms with van der Waals surface area (Å²) in [6, 6.07) is 7.04. The third-order valence-electron chi connectivity index (χ3n) is 3.57. The van der Waals surface area contributed by atoms with Crippen molar-refractivity contribution in [3.63, 3.8) is 0 Å². The minimum atomic E-state index is -0.430. The minimum absolute atomic E-state index is 0.00269. The Bertz CT molecular complexity index is 425.